The Morgan fingerprint density at radius 1 is 0.833 bits per heavy atom. The number of hydrogen-bond donors (Lipinski definition) is 8. The molecule has 1 aromatic carbocycles. The fourth-order valence-corrected chi connectivity index (χ4v) is 5.49. The molecule has 3 heterocycles. The predicted molar refractivity (Wildman–Crippen MR) is 157 cm³/mol. The lowest BCUT2D eigenvalue weighted by Crippen LogP contribution is -2.60. The molecule has 3 aliphatic heterocycles. The van der Waals surface area contributed by atoms with E-state index in [1.165, 1.54) is 18.2 Å². The van der Waals surface area contributed by atoms with Gasteiger partial charge in [-0.25, -0.2) is 4.79 Å². The van der Waals surface area contributed by atoms with E-state index in [9.17, 15) is 50.4 Å². The summed E-state index contributed by atoms with van der Waals surface area (Å²) in [5, 5.41) is 79.3. The average Bonchev–Trinajstić information content (AvgIpc) is 3.08. The molecule has 2 saturated heterocycles. The van der Waals surface area contributed by atoms with Crippen molar-refractivity contribution in [3.63, 3.8) is 0 Å². The molecule has 0 radical (unpaired) electrons. The molecule has 0 spiro atoms. The van der Waals surface area contributed by atoms with Gasteiger partial charge in [-0.05, 0) is 31.0 Å². The highest BCUT2D eigenvalue weighted by Gasteiger charge is 2.47. The molecular weight excluding hydrogens is 644 g/mol. The molecule has 0 amide bonds. The second-order valence-electron chi connectivity index (χ2n) is 11.3. The minimum absolute atomic E-state index is 0.0223. The van der Waals surface area contributed by atoms with Gasteiger partial charge in [-0.2, -0.15) is 0 Å². The molecular formula is C31H42O17. The average molecular weight is 687 g/mol. The smallest absolute Gasteiger partial charge is 0.337 e. The fraction of sp³-hybridized carbons (Fsp3) is 0.613. The number of hydrogen-bond acceptors (Lipinski definition) is 17. The number of benzene rings is 1. The molecule has 0 bridgehead atoms. The van der Waals surface area contributed by atoms with Crippen LogP contribution in [0.1, 0.15) is 18.9 Å². The number of allylic oxidation sites excluding steroid dienone is 1. The van der Waals surface area contributed by atoms with Crippen LogP contribution in [0.25, 0.3) is 0 Å². The van der Waals surface area contributed by atoms with E-state index in [-0.39, 0.29) is 29.9 Å². The van der Waals surface area contributed by atoms with E-state index in [0.29, 0.717) is 6.42 Å². The Kier molecular flexibility index (Phi) is 13.4. The van der Waals surface area contributed by atoms with Gasteiger partial charge in [0, 0.05) is 11.5 Å². The minimum atomic E-state index is -1.72. The van der Waals surface area contributed by atoms with Crippen molar-refractivity contribution in [3.05, 3.63) is 53.3 Å². The molecule has 2 unspecified atom stereocenters. The Labute approximate surface area is 275 Å². The standard InChI is InChI=1S/C31H42O17/c1-3-16-17(18(28(41)42-2)13-44-29(16)48-31-27(40)25(38)23(36)20(12-33)47-31)10-21(34)45-15-6-4-14(5-7-15)8-9-43-30-26(39)24(37)22(35)19(11-32)46-30/h3-7,13,17,19-20,22-27,29-33,35-40H,8-12H2,1-2H3/b16-3-/t17?,19-,20-,22-,23-,24+,25+,26-,27-,29?,30-,31+/m1/s1. The summed E-state index contributed by atoms with van der Waals surface area (Å²) in [7, 11) is 1.15. The quantitative estimate of drug-likeness (QED) is 0.0624. The molecule has 268 valence electrons. The number of aliphatic hydroxyl groups excluding tert-OH is 8. The van der Waals surface area contributed by atoms with Gasteiger partial charge < -0.3 is 74.0 Å². The number of ether oxygens (including phenoxy) is 7. The van der Waals surface area contributed by atoms with Crippen LogP contribution >= 0.6 is 0 Å². The van der Waals surface area contributed by atoms with Crippen molar-refractivity contribution in [2.24, 2.45) is 5.92 Å². The van der Waals surface area contributed by atoms with Crippen LogP contribution in [0, 0.1) is 5.92 Å². The fourth-order valence-electron chi connectivity index (χ4n) is 5.49. The van der Waals surface area contributed by atoms with Gasteiger partial charge in [-0.15, -0.1) is 0 Å². The van der Waals surface area contributed by atoms with Crippen LogP contribution in [0.4, 0.5) is 0 Å². The van der Waals surface area contributed by atoms with Gasteiger partial charge in [-0.3, -0.25) is 4.79 Å². The third kappa shape index (κ3) is 8.57. The SMILES string of the molecule is C/C=C1\C(O[C@@H]2O[C@H](CO)[C@@H](O)[C@H](O)[C@H]2O)OC=C(C(=O)OC)C1CC(=O)Oc1ccc(CCO[C@@H]2O[C@H](CO)[C@@H](O)[C@H](O)[C@H]2O)cc1. The summed E-state index contributed by atoms with van der Waals surface area (Å²) >= 11 is 0. The maximum atomic E-state index is 13.1. The minimum Gasteiger partial charge on any atom is -0.468 e. The van der Waals surface area contributed by atoms with Crippen molar-refractivity contribution < 1.29 is 83.6 Å². The summed E-state index contributed by atoms with van der Waals surface area (Å²) in [6.45, 7) is 0.393. The van der Waals surface area contributed by atoms with E-state index >= 15 is 0 Å². The number of carbonyl (C=O) groups excluding carboxylic acids is 2. The van der Waals surface area contributed by atoms with Crippen LogP contribution in [0.5, 0.6) is 5.75 Å². The summed E-state index contributed by atoms with van der Waals surface area (Å²) in [6.07, 6.45) is -13.5. The number of aliphatic hydroxyl groups is 8. The highest BCUT2D eigenvalue weighted by molar-refractivity contribution is 5.91. The van der Waals surface area contributed by atoms with Crippen LogP contribution in [0.2, 0.25) is 0 Å². The maximum absolute atomic E-state index is 13.1. The zero-order chi connectivity index (χ0) is 35.1. The highest BCUT2D eigenvalue weighted by Crippen LogP contribution is 2.36. The van der Waals surface area contributed by atoms with Crippen molar-refractivity contribution in [1.29, 1.82) is 0 Å². The molecule has 3 aliphatic rings. The van der Waals surface area contributed by atoms with Crippen molar-refractivity contribution in [2.45, 2.75) is 87.5 Å². The first-order valence-electron chi connectivity index (χ1n) is 15.2. The van der Waals surface area contributed by atoms with Gasteiger partial charge in [0.2, 0.25) is 6.29 Å². The van der Waals surface area contributed by atoms with Crippen LogP contribution in [0.15, 0.2) is 47.7 Å². The largest absolute Gasteiger partial charge is 0.468 e. The lowest BCUT2D eigenvalue weighted by atomic mass is 9.86. The van der Waals surface area contributed by atoms with Crippen molar-refractivity contribution >= 4 is 11.9 Å². The molecule has 0 saturated carbocycles. The maximum Gasteiger partial charge on any atom is 0.337 e. The third-order valence-electron chi connectivity index (χ3n) is 8.28. The van der Waals surface area contributed by atoms with Gasteiger partial charge in [0.1, 0.15) is 54.6 Å². The summed E-state index contributed by atoms with van der Waals surface area (Å²) in [6, 6.07) is 6.39. The molecule has 12 atom stereocenters. The molecule has 2 fully saturated rings. The Bertz CT molecular complexity index is 1280. The second-order valence-corrected chi connectivity index (χ2v) is 11.3. The molecule has 8 N–H and O–H groups in total. The van der Waals surface area contributed by atoms with E-state index in [0.717, 1.165) is 18.9 Å². The molecule has 17 heteroatoms. The lowest BCUT2D eigenvalue weighted by molar-refractivity contribution is -0.327. The molecule has 0 aliphatic carbocycles. The summed E-state index contributed by atoms with van der Waals surface area (Å²) < 4.78 is 37.9. The highest BCUT2D eigenvalue weighted by atomic mass is 16.8. The van der Waals surface area contributed by atoms with E-state index in [1.54, 1.807) is 19.1 Å². The summed E-state index contributed by atoms with van der Waals surface area (Å²) in [5.74, 6) is -2.29. The summed E-state index contributed by atoms with van der Waals surface area (Å²) in [5.41, 5.74) is 0.997. The normalized spacial score (nSPS) is 36.2. The zero-order valence-electron chi connectivity index (χ0n) is 26.2. The van der Waals surface area contributed by atoms with Crippen LogP contribution in [-0.2, 0) is 44.4 Å². The molecule has 4 rings (SSSR count). The van der Waals surface area contributed by atoms with E-state index in [1.807, 2.05) is 0 Å². The number of carbonyl (C=O) groups is 2. The van der Waals surface area contributed by atoms with Crippen molar-refractivity contribution in [1.82, 2.24) is 0 Å². The predicted octanol–water partition coefficient (Wildman–Crippen LogP) is -2.87. The first kappa shape index (κ1) is 37.8. The van der Waals surface area contributed by atoms with Crippen molar-refractivity contribution in [2.75, 3.05) is 26.9 Å². The molecule has 17 nitrogen and oxygen atoms in total. The van der Waals surface area contributed by atoms with Gasteiger partial charge in [-0.1, -0.05) is 18.2 Å². The van der Waals surface area contributed by atoms with Gasteiger partial charge in [0.25, 0.3) is 0 Å². The van der Waals surface area contributed by atoms with Crippen molar-refractivity contribution in [3.8, 4) is 5.75 Å². The van der Waals surface area contributed by atoms with Crippen LogP contribution < -0.4 is 4.74 Å². The summed E-state index contributed by atoms with van der Waals surface area (Å²) in [4.78, 5) is 25.7. The molecule has 48 heavy (non-hydrogen) atoms. The first-order valence-corrected chi connectivity index (χ1v) is 15.2. The Morgan fingerprint density at radius 3 is 1.98 bits per heavy atom. The van der Waals surface area contributed by atoms with Crippen LogP contribution in [-0.4, -0.2) is 147 Å². The number of methoxy groups -OCH3 is 1. The Morgan fingerprint density at radius 2 is 1.42 bits per heavy atom. The monoisotopic (exact) mass is 686 g/mol. The zero-order valence-corrected chi connectivity index (χ0v) is 26.2. The second kappa shape index (κ2) is 17.1. The van der Waals surface area contributed by atoms with Crippen LogP contribution in [0.3, 0.4) is 0 Å². The number of rotatable bonds is 12. The molecule has 0 aromatic heterocycles. The van der Waals surface area contributed by atoms with Gasteiger partial charge in [0.15, 0.2) is 12.6 Å². The van der Waals surface area contributed by atoms with E-state index in [4.69, 9.17) is 33.2 Å². The van der Waals surface area contributed by atoms with E-state index < -0.39 is 98.8 Å². The Hall–Kier alpha value is -3.04. The lowest BCUT2D eigenvalue weighted by Gasteiger charge is -2.41. The van der Waals surface area contributed by atoms with Gasteiger partial charge >= 0.3 is 11.9 Å². The Balaban J connectivity index is 1.36. The van der Waals surface area contributed by atoms with Gasteiger partial charge in [0.05, 0.1) is 45.2 Å². The van der Waals surface area contributed by atoms with E-state index in [2.05, 4.69) is 0 Å². The third-order valence-corrected chi connectivity index (χ3v) is 8.28. The molecule has 1 aromatic rings. The number of esters is 2. The first-order chi connectivity index (χ1) is 22.9. The topological polar surface area (TPSA) is 261 Å².